The second kappa shape index (κ2) is 19.2. The minimum atomic E-state index is -1.05. The van der Waals surface area contributed by atoms with Crippen molar-refractivity contribution < 1.29 is 33.8 Å². The molecule has 15 heteroatoms. The third-order valence-corrected chi connectivity index (χ3v) is 11.7. The molecule has 2 heterocycles. The maximum atomic E-state index is 13.7. The largest absolute Gasteiger partial charge is 0.444 e. The molecule has 7 N–H and O–H groups in total. The number of alkyl carbamates (subject to hydrolysis) is 1. The van der Waals surface area contributed by atoms with Crippen molar-refractivity contribution in [1.29, 1.82) is 0 Å². The molecular formula is C40H65N7O7S. The van der Waals surface area contributed by atoms with Gasteiger partial charge in [0.2, 0.25) is 23.6 Å². The van der Waals surface area contributed by atoms with Gasteiger partial charge >= 0.3 is 6.09 Å². The molecule has 0 spiro atoms. The molecule has 308 valence electrons. The topological polar surface area (TPSA) is 190 Å². The van der Waals surface area contributed by atoms with Gasteiger partial charge in [-0.25, -0.2) is 4.79 Å². The third-order valence-electron chi connectivity index (χ3n) is 10.2. The van der Waals surface area contributed by atoms with Crippen molar-refractivity contribution in [3.05, 3.63) is 35.9 Å². The zero-order valence-electron chi connectivity index (χ0n) is 34.0. The van der Waals surface area contributed by atoms with E-state index in [1.165, 1.54) is 24.6 Å². The van der Waals surface area contributed by atoms with E-state index >= 15 is 0 Å². The van der Waals surface area contributed by atoms with Crippen LogP contribution < -0.4 is 31.9 Å². The summed E-state index contributed by atoms with van der Waals surface area (Å²) in [4.78, 5) is 68.2. The van der Waals surface area contributed by atoms with Crippen LogP contribution in [-0.4, -0.2) is 118 Å². The first-order chi connectivity index (χ1) is 25.7. The Balaban J connectivity index is 1.38. The minimum Gasteiger partial charge on any atom is -0.444 e. The SMILES string of the molecule is CC(C)(C)NC(=O)[C@@H]1C[C@@H]2CCCC[C@@H]2CN1CC(O)CNC(=O)[C@@H]1N[C@@H](C(NC(=O)Cc2ccccc2)C(=O)NCCNC(=O)OC(C)(C)C)SC1(C)C. The number of piperidine rings is 1. The Bertz CT molecular complexity index is 1480. The van der Waals surface area contributed by atoms with Crippen molar-refractivity contribution >= 4 is 41.5 Å². The molecule has 1 aromatic rings. The number of thioether (sulfide) groups is 1. The number of nitrogens with one attached hydrogen (secondary N) is 6. The molecule has 2 unspecified atom stereocenters. The molecule has 1 saturated carbocycles. The Labute approximate surface area is 331 Å². The Kier molecular flexibility index (Phi) is 15.4. The van der Waals surface area contributed by atoms with Gasteiger partial charge in [0.15, 0.2) is 0 Å². The fourth-order valence-electron chi connectivity index (χ4n) is 7.69. The van der Waals surface area contributed by atoms with E-state index in [4.69, 9.17) is 4.74 Å². The molecule has 0 aromatic heterocycles. The fourth-order valence-corrected chi connectivity index (χ4v) is 9.19. The zero-order chi connectivity index (χ0) is 40.6. The van der Waals surface area contributed by atoms with Crippen LogP contribution in [0.3, 0.4) is 0 Å². The highest BCUT2D eigenvalue weighted by atomic mass is 32.2. The number of fused-ring (bicyclic) bond motifs is 1. The van der Waals surface area contributed by atoms with Crippen LogP contribution in [0.4, 0.5) is 4.79 Å². The lowest BCUT2D eigenvalue weighted by molar-refractivity contribution is -0.133. The molecule has 7 atom stereocenters. The number of hydrogen-bond donors (Lipinski definition) is 7. The number of carbonyl (C=O) groups is 5. The Morgan fingerprint density at radius 2 is 1.60 bits per heavy atom. The van der Waals surface area contributed by atoms with E-state index in [2.05, 4.69) is 36.8 Å². The number of β-amino-alcohol motifs (C(OH)–C–C–N with tert-alkyl or cyclic N) is 1. The van der Waals surface area contributed by atoms with E-state index < -0.39 is 45.9 Å². The summed E-state index contributed by atoms with van der Waals surface area (Å²) in [5, 5.41) is 28.2. The zero-order valence-corrected chi connectivity index (χ0v) is 34.8. The van der Waals surface area contributed by atoms with Crippen LogP contribution in [0, 0.1) is 11.8 Å². The molecule has 1 aromatic carbocycles. The van der Waals surface area contributed by atoms with Gasteiger partial charge in [0, 0.05) is 43.0 Å². The summed E-state index contributed by atoms with van der Waals surface area (Å²) in [5.74, 6) is -0.213. The smallest absolute Gasteiger partial charge is 0.407 e. The van der Waals surface area contributed by atoms with Gasteiger partial charge in [-0.3, -0.25) is 29.4 Å². The fraction of sp³-hybridized carbons (Fsp3) is 0.725. The van der Waals surface area contributed by atoms with E-state index in [-0.39, 0.29) is 61.9 Å². The highest BCUT2D eigenvalue weighted by Gasteiger charge is 2.49. The molecule has 1 aliphatic carbocycles. The number of likely N-dealkylation sites (tertiary alicyclic amines) is 1. The van der Waals surface area contributed by atoms with Crippen molar-refractivity contribution in [2.45, 2.75) is 139 Å². The maximum absolute atomic E-state index is 13.7. The van der Waals surface area contributed by atoms with Crippen LogP contribution in [0.15, 0.2) is 30.3 Å². The molecule has 5 amide bonds. The molecule has 3 aliphatic rings. The summed E-state index contributed by atoms with van der Waals surface area (Å²) in [6.07, 6.45) is 3.93. The van der Waals surface area contributed by atoms with E-state index in [0.717, 1.165) is 31.4 Å². The van der Waals surface area contributed by atoms with Crippen LogP contribution in [0.1, 0.15) is 93.1 Å². The number of nitrogens with zero attached hydrogens (tertiary/aromatic N) is 1. The molecular weight excluding hydrogens is 723 g/mol. The van der Waals surface area contributed by atoms with Gasteiger partial charge in [0.1, 0.15) is 17.7 Å². The molecule has 0 bridgehead atoms. The molecule has 14 nitrogen and oxygen atoms in total. The minimum absolute atomic E-state index is 0.0109. The van der Waals surface area contributed by atoms with Crippen molar-refractivity contribution in [1.82, 2.24) is 36.8 Å². The van der Waals surface area contributed by atoms with Gasteiger partial charge in [-0.05, 0) is 85.6 Å². The van der Waals surface area contributed by atoms with Gasteiger partial charge in [0.25, 0.3) is 0 Å². The van der Waals surface area contributed by atoms with Crippen molar-refractivity contribution in [2.24, 2.45) is 11.8 Å². The van der Waals surface area contributed by atoms with Gasteiger partial charge < -0.3 is 36.4 Å². The van der Waals surface area contributed by atoms with Crippen LogP contribution in [-0.2, 0) is 30.3 Å². The Morgan fingerprint density at radius 1 is 0.945 bits per heavy atom. The molecule has 4 rings (SSSR count). The summed E-state index contributed by atoms with van der Waals surface area (Å²) in [5.41, 5.74) is -0.258. The van der Waals surface area contributed by atoms with Crippen LogP contribution in [0.2, 0.25) is 0 Å². The quantitative estimate of drug-likeness (QED) is 0.138. The van der Waals surface area contributed by atoms with Crippen molar-refractivity contribution in [3.63, 3.8) is 0 Å². The number of hydrogen-bond acceptors (Lipinski definition) is 10. The first-order valence-corrected chi connectivity index (χ1v) is 20.6. The first kappa shape index (κ1) is 44.3. The number of amides is 5. The van der Waals surface area contributed by atoms with Gasteiger partial charge in [0.05, 0.1) is 23.9 Å². The highest BCUT2D eigenvalue weighted by Crippen LogP contribution is 2.40. The summed E-state index contributed by atoms with van der Waals surface area (Å²) in [7, 11) is 0. The monoisotopic (exact) mass is 787 g/mol. The Hall–Kier alpha value is -3.40. The maximum Gasteiger partial charge on any atom is 0.407 e. The van der Waals surface area contributed by atoms with E-state index in [1.54, 1.807) is 20.8 Å². The average Bonchev–Trinajstić information content (AvgIpc) is 3.41. The average molecular weight is 788 g/mol. The number of ether oxygens (including phenoxy) is 1. The van der Waals surface area contributed by atoms with Gasteiger partial charge in [-0.1, -0.05) is 49.6 Å². The van der Waals surface area contributed by atoms with Crippen molar-refractivity contribution in [3.8, 4) is 0 Å². The molecule has 0 radical (unpaired) electrons. The van der Waals surface area contributed by atoms with Crippen LogP contribution in [0.5, 0.6) is 0 Å². The summed E-state index contributed by atoms with van der Waals surface area (Å²) in [6, 6.07) is 7.04. The van der Waals surface area contributed by atoms with Crippen LogP contribution in [0.25, 0.3) is 0 Å². The molecule has 55 heavy (non-hydrogen) atoms. The Morgan fingerprint density at radius 3 is 2.25 bits per heavy atom. The van der Waals surface area contributed by atoms with E-state index in [9.17, 15) is 29.1 Å². The number of aliphatic hydroxyl groups is 1. The first-order valence-electron chi connectivity index (χ1n) is 19.7. The lowest BCUT2D eigenvalue weighted by Crippen LogP contribution is -2.60. The number of carbonyl (C=O) groups excluding carboxylic acids is 5. The van der Waals surface area contributed by atoms with Gasteiger partial charge in [-0.15, -0.1) is 11.8 Å². The predicted octanol–water partition coefficient (Wildman–Crippen LogP) is 2.44. The third kappa shape index (κ3) is 13.9. The molecule has 2 saturated heterocycles. The highest BCUT2D eigenvalue weighted by molar-refractivity contribution is 8.01. The lowest BCUT2D eigenvalue weighted by Gasteiger charge is -2.46. The number of rotatable bonds is 14. The van der Waals surface area contributed by atoms with E-state index in [0.29, 0.717) is 11.8 Å². The second-order valence-electron chi connectivity index (χ2n) is 17.8. The standard InChI is InChI=1S/C40H65N7O7S/c1-38(2,3)46-33(50)29-21-26-16-12-13-17-27(26)23-47(29)24-28(48)22-43-35(52)32-40(7,8)55-36(45-32)31(44-30(49)20-25-14-10-9-11-15-25)34(51)41-18-19-42-37(53)54-39(4,5)6/h9-11,14-15,26-29,31-32,36,45,48H,12-13,16-24H2,1-8H3,(H,41,51)(H,42,53)(H,43,52)(H,44,49)(H,46,50)/t26-,27+,28?,29-,31?,32-,36+/m0/s1. The normalized spacial score (nSPS) is 25.1. The summed E-state index contributed by atoms with van der Waals surface area (Å²) in [6.45, 7) is 16.1. The number of benzene rings is 1. The summed E-state index contributed by atoms with van der Waals surface area (Å²) >= 11 is 1.37. The predicted molar refractivity (Wildman–Crippen MR) is 214 cm³/mol. The number of aliphatic hydroxyl groups excluding tert-OH is 1. The van der Waals surface area contributed by atoms with Crippen LogP contribution >= 0.6 is 11.8 Å². The molecule has 2 aliphatic heterocycles. The lowest BCUT2D eigenvalue weighted by atomic mass is 9.72. The second-order valence-corrected chi connectivity index (χ2v) is 19.6. The van der Waals surface area contributed by atoms with E-state index in [1.807, 2.05) is 65.0 Å². The van der Waals surface area contributed by atoms with Gasteiger partial charge in [-0.2, -0.15) is 0 Å². The summed E-state index contributed by atoms with van der Waals surface area (Å²) < 4.78 is 4.56. The van der Waals surface area contributed by atoms with Crippen molar-refractivity contribution in [2.75, 3.05) is 32.7 Å². The molecule has 3 fully saturated rings.